The Morgan fingerprint density at radius 3 is 2.10 bits per heavy atom. The van der Waals surface area contributed by atoms with Crippen LogP contribution in [-0.4, -0.2) is 40.1 Å². The number of carboxylic acid groups (broad SMARTS) is 1. The molecule has 1 aliphatic carbocycles. The van der Waals surface area contributed by atoms with E-state index >= 15 is 0 Å². The van der Waals surface area contributed by atoms with Crippen molar-refractivity contribution in [1.29, 1.82) is 0 Å². The highest BCUT2D eigenvalue weighted by molar-refractivity contribution is 5.86. The van der Waals surface area contributed by atoms with Crippen LogP contribution >= 0.6 is 0 Å². The summed E-state index contributed by atoms with van der Waals surface area (Å²) in [6.07, 6.45) is 3.82. The number of rotatable bonds is 5. The van der Waals surface area contributed by atoms with Gasteiger partial charge in [-0.2, -0.15) is 0 Å². The summed E-state index contributed by atoms with van der Waals surface area (Å²) < 4.78 is 0. The van der Waals surface area contributed by atoms with Gasteiger partial charge in [-0.3, -0.25) is 0 Å². The van der Waals surface area contributed by atoms with E-state index in [4.69, 9.17) is 0 Å². The molecule has 20 heavy (non-hydrogen) atoms. The summed E-state index contributed by atoms with van der Waals surface area (Å²) in [4.78, 5) is 25.8. The lowest BCUT2D eigenvalue weighted by atomic mass is 9.82. The lowest BCUT2D eigenvalue weighted by Crippen LogP contribution is -2.60. The third kappa shape index (κ3) is 4.12. The Hall–Kier alpha value is -1.26. The number of carbonyl (C=O) groups is 2. The van der Waals surface area contributed by atoms with Gasteiger partial charge in [0.05, 0.1) is 0 Å². The zero-order valence-corrected chi connectivity index (χ0v) is 13.1. The van der Waals surface area contributed by atoms with Gasteiger partial charge in [-0.1, -0.05) is 33.1 Å². The van der Waals surface area contributed by atoms with Gasteiger partial charge < -0.3 is 15.3 Å². The number of carboxylic acids is 1. The van der Waals surface area contributed by atoms with Crippen molar-refractivity contribution in [3.8, 4) is 0 Å². The molecule has 5 nitrogen and oxygen atoms in total. The van der Waals surface area contributed by atoms with Crippen molar-refractivity contribution in [2.45, 2.75) is 71.4 Å². The molecule has 0 spiro atoms. The Balaban J connectivity index is 2.80. The molecule has 0 aromatic heterocycles. The molecule has 0 saturated heterocycles. The maximum absolute atomic E-state index is 12.4. The Labute approximate surface area is 121 Å². The average Bonchev–Trinajstić information content (AvgIpc) is 2.36. The molecule has 0 aromatic carbocycles. The second kappa shape index (κ2) is 6.95. The Morgan fingerprint density at radius 2 is 1.70 bits per heavy atom. The molecule has 0 aromatic rings. The average molecular weight is 284 g/mol. The topological polar surface area (TPSA) is 69.6 Å². The van der Waals surface area contributed by atoms with Crippen molar-refractivity contribution in [3.05, 3.63) is 0 Å². The molecule has 0 unspecified atom stereocenters. The lowest BCUT2D eigenvalue weighted by molar-refractivity contribution is -0.146. The van der Waals surface area contributed by atoms with Gasteiger partial charge in [-0.05, 0) is 32.6 Å². The molecule has 2 amide bonds. The third-order valence-corrected chi connectivity index (χ3v) is 3.91. The van der Waals surface area contributed by atoms with Crippen LogP contribution in [0.25, 0.3) is 0 Å². The van der Waals surface area contributed by atoms with E-state index in [9.17, 15) is 14.7 Å². The molecule has 1 aliphatic rings. The minimum absolute atomic E-state index is 0.0619. The van der Waals surface area contributed by atoms with Crippen molar-refractivity contribution in [3.63, 3.8) is 0 Å². The molecular weight excluding hydrogens is 256 g/mol. The Bertz CT molecular complexity index is 347. The highest BCUT2D eigenvalue weighted by Crippen LogP contribution is 2.29. The monoisotopic (exact) mass is 284 g/mol. The molecule has 0 radical (unpaired) electrons. The van der Waals surface area contributed by atoms with E-state index in [1.165, 1.54) is 0 Å². The molecular formula is C15H28N2O3. The number of aliphatic carboxylic acids is 1. The number of hydrogen-bond acceptors (Lipinski definition) is 2. The molecule has 5 heteroatoms. The van der Waals surface area contributed by atoms with E-state index in [1.54, 1.807) is 4.90 Å². The van der Waals surface area contributed by atoms with Crippen LogP contribution in [0.4, 0.5) is 4.79 Å². The number of hydrogen-bond donors (Lipinski definition) is 2. The first-order valence-corrected chi connectivity index (χ1v) is 7.60. The first-order valence-electron chi connectivity index (χ1n) is 7.60. The molecule has 0 heterocycles. The summed E-state index contributed by atoms with van der Waals surface area (Å²) in [5.41, 5.74) is -1.07. The zero-order chi connectivity index (χ0) is 15.3. The Morgan fingerprint density at radius 1 is 1.15 bits per heavy atom. The predicted molar refractivity (Wildman–Crippen MR) is 78.7 cm³/mol. The largest absolute Gasteiger partial charge is 0.480 e. The molecule has 1 rings (SSSR count). The maximum Gasteiger partial charge on any atom is 0.329 e. The van der Waals surface area contributed by atoms with Crippen LogP contribution in [0, 0.1) is 5.92 Å². The van der Waals surface area contributed by atoms with Crippen molar-refractivity contribution in [2.75, 3.05) is 6.54 Å². The lowest BCUT2D eigenvalue weighted by Gasteiger charge is -2.37. The predicted octanol–water partition coefficient (Wildman–Crippen LogP) is 2.85. The summed E-state index contributed by atoms with van der Waals surface area (Å²) in [5.74, 6) is -0.547. The number of nitrogens with zero attached hydrogens (tertiary/aromatic N) is 1. The first kappa shape index (κ1) is 16.8. The van der Waals surface area contributed by atoms with Gasteiger partial charge in [0.1, 0.15) is 5.54 Å². The van der Waals surface area contributed by atoms with Crippen molar-refractivity contribution < 1.29 is 14.7 Å². The fourth-order valence-corrected chi connectivity index (χ4v) is 2.75. The molecule has 0 bridgehead atoms. The summed E-state index contributed by atoms with van der Waals surface area (Å²) in [6, 6.07) is -0.190. The van der Waals surface area contributed by atoms with Crippen molar-refractivity contribution in [2.24, 2.45) is 5.92 Å². The van der Waals surface area contributed by atoms with Crippen molar-refractivity contribution >= 4 is 12.0 Å². The van der Waals surface area contributed by atoms with E-state index in [0.29, 0.717) is 25.3 Å². The van der Waals surface area contributed by atoms with Crippen LogP contribution in [0.2, 0.25) is 0 Å². The smallest absolute Gasteiger partial charge is 0.329 e. The standard InChI is InChI=1S/C15H28N2O3/c1-11(2)10-17(12(3)4)14(20)16-15(13(18)19)8-6-5-7-9-15/h11-12H,5-10H2,1-4H3,(H,16,20)(H,18,19). The summed E-state index contributed by atoms with van der Waals surface area (Å²) in [7, 11) is 0. The van der Waals surface area contributed by atoms with Crippen LogP contribution in [0.3, 0.4) is 0 Å². The van der Waals surface area contributed by atoms with Gasteiger partial charge >= 0.3 is 12.0 Å². The zero-order valence-electron chi connectivity index (χ0n) is 13.1. The number of amides is 2. The van der Waals surface area contributed by atoms with E-state index in [-0.39, 0.29) is 12.1 Å². The Kier molecular flexibility index (Phi) is 5.84. The van der Waals surface area contributed by atoms with Crippen LogP contribution in [0.1, 0.15) is 59.8 Å². The minimum Gasteiger partial charge on any atom is -0.480 e. The molecule has 2 N–H and O–H groups in total. The molecule has 116 valence electrons. The van der Waals surface area contributed by atoms with Gasteiger partial charge in [0.25, 0.3) is 0 Å². The van der Waals surface area contributed by atoms with E-state index in [1.807, 2.05) is 13.8 Å². The fraction of sp³-hybridized carbons (Fsp3) is 0.867. The first-order chi connectivity index (χ1) is 9.28. The summed E-state index contributed by atoms with van der Waals surface area (Å²) in [5, 5.41) is 12.3. The molecule has 0 atom stereocenters. The summed E-state index contributed by atoms with van der Waals surface area (Å²) in [6.45, 7) is 8.65. The normalized spacial score (nSPS) is 18.1. The highest BCUT2D eigenvalue weighted by Gasteiger charge is 2.42. The van der Waals surface area contributed by atoms with Crippen molar-refractivity contribution in [1.82, 2.24) is 10.2 Å². The van der Waals surface area contributed by atoms with E-state index in [0.717, 1.165) is 19.3 Å². The maximum atomic E-state index is 12.4. The quantitative estimate of drug-likeness (QED) is 0.815. The van der Waals surface area contributed by atoms with Gasteiger partial charge in [0, 0.05) is 12.6 Å². The highest BCUT2D eigenvalue weighted by atomic mass is 16.4. The number of urea groups is 1. The van der Waals surface area contributed by atoms with Crippen LogP contribution in [0.5, 0.6) is 0 Å². The number of carbonyl (C=O) groups excluding carboxylic acids is 1. The van der Waals surface area contributed by atoms with Gasteiger partial charge in [0.15, 0.2) is 0 Å². The van der Waals surface area contributed by atoms with Gasteiger partial charge in [-0.25, -0.2) is 9.59 Å². The second-order valence-electron chi connectivity index (χ2n) is 6.52. The molecule has 1 fully saturated rings. The van der Waals surface area contributed by atoms with Gasteiger partial charge in [-0.15, -0.1) is 0 Å². The fourth-order valence-electron chi connectivity index (χ4n) is 2.75. The van der Waals surface area contributed by atoms with Gasteiger partial charge in [0.2, 0.25) is 0 Å². The minimum atomic E-state index is -1.07. The second-order valence-corrected chi connectivity index (χ2v) is 6.52. The van der Waals surface area contributed by atoms with Crippen LogP contribution < -0.4 is 5.32 Å². The molecule has 0 aliphatic heterocycles. The van der Waals surface area contributed by atoms with Crippen LogP contribution in [0.15, 0.2) is 0 Å². The summed E-state index contributed by atoms with van der Waals surface area (Å²) >= 11 is 0. The van der Waals surface area contributed by atoms with E-state index < -0.39 is 11.5 Å². The third-order valence-electron chi connectivity index (χ3n) is 3.91. The number of nitrogens with one attached hydrogen (secondary N) is 1. The van der Waals surface area contributed by atoms with Crippen LogP contribution in [-0.2, 0) is 4.79 Å². The van der Waals surface area contributed by atoms with E-state index in [2.05, 4.69) is 19.2 Å². The molecule has 1 saturated carbocycles. The SMILES string of the molecule is CC(C)CN(C(=O)NC1(C(=O)O)CCCCC1)C(C)C.